The molecule has 0 fully saturated rings. The van der Waals surface area contributed by atoms with Crippen molar-refractivity contribution in [1.82, 2.24) is 4.98 Å². The quantitative estimate of drug-likeness (QED) is 0.462. The molecule has 160 valence electrons. The van der Waals surface area contributed by atoms with Crippen molar-refractivity contribution in [1.29, 1.82) is 0 Å². The first-order chi connectivity index (χ1) is 15.0. The lowest BCUT2D eigenvalue weighted by Crippen LogP contribution is -2.27. The van der Waals surface area contributed by atoms with Crippen LogP contribution in [0.4, 0.5) is 11.5 Å². The van der Waals surface area contributed by atoms with Gasteiger partial charge in [-0.2, -0.15) is 0 Å². The van der Waals surface area contributed by atoms with Crippen LogP contribution >= 0.6 is 11.6 Å². The van der Waals surface area contributed by atoms with Gasteiger partial charge in [0.25, 0.3) is 5.91 Å². The van der Waals surface area contributed by atoms with Gasteiger partial charge in [0.05, 0.1) is 22.5 Å². The number of nitrogens with one attached hydrogen (secondary N) is 1. The molecule has 3 aromatic rings. The van der Waals surface area contributed by atoms with Crippen molar-refractivity contribution >= 4 is 35.0 Å². The molecule has 0 unspecified atom stereocenters. The van der Waals surface area contributed by atoms with E-state index in [0.717, 1.165) is 18.4 Å². The van der Waals surface area contributed by atoms with Gasteiger partial charge in [0.1, 0.15) is 11.4 Å². The molecular formula is C24H24ClN3O3. The molecule has 0 atom stereocenters. The number of carbonyl (C=O) groups excluding carboxylic acids is 1. The minimum atomic E-state index is -1.11. The number of anilines is 2. The molecule has 2 N–H and O–H groups in total. The predicted molar refractivity (Wildman–Crippen MR) is 123 cm³/mol. The van der Waals surface area contributed by atoms with Gasteiger partial charge in [0.15, 0.2) is 0 Å². The van der Waals surface area contributed by atoms with Crippen LogP contribution in [0, 0.1) is 0 Å². The number of aromatic nitrogens is 1. The molecule has 2 aromatic carbocycles. The minimum Gasteiger partial charge on any atom is -0.478 e. The second-order valence-corrected chi connectivity index (χ2v) is 7.50. The zero-order chi connectivity index (χ0) is 22.2. The Hall–Kier alpha value is -3.38. The smallest absolute Gasteiger partial charge is 0.339 e. The van der Waals surface area contributed by atoms with E-state index in [4.69, 9.17) is 11.6 Å². The topological polar surface area (TPSA) is 82.5 Å². The summed E-state index contributed by atoms with van der Waals surface area (Å²) in [4.78, 5) is 30.9. The minimum absolute atomic E-state index is 0.0315. The van der Waals surface area contributed by atoms with Crippen LogP contribution in [0.3, 0.4) is 0 Å². The van der Waals surface area contributed by atoms with E-state index in [9.17, 15) is 14.7 Å². The number of halogens is 1. The largest absolute Gasteiger partial charge is 0.478 e. The van der Waals surface area contributed by atoms with E-state index in [1.165, 1.54) is 12.3 Å². The molecule has 1 amide bonds. The lowest BCUT2D eigenvalue weighted by atomic mass is 10.1. The number of carbonyl (C=O) groups is 2. The fourth-order valence-electron chi connectivity index (χ4n) is 3.19. The highest BCUT2D eigenvalue weighted by Gasteiger charge is 2.20. The Morgan fingerprint density at radius 3 is 2.45 bits per heavy atom. The number of hydrogen-bond donors (Lipinski definition) is 2. The molecule has 1 aromatic heterocycles. The van der Waals surface area contributed by atoms with Gasteiger partial charge in [-0.15, -0.1) is 0 Å². The molecule has 7 heteroatoms. The monoisotopic (exact) mass is 437 g/mol. The third-order valence-corrected chi connectivity index (χ3v) is 5.10. The van der Waals surface area contributed by atoms with Gasteiger partial charge in [0, 0.05) is 13.1 Å². The van der Waals surface area contributed by atoms with Crippen molar-refractivity contribution in [3.8, 4) is 0 Å². The average Bonchev–Trinajstić information content (AvgIpc) is 2.77. The average molecular weight is 438 g/mol. The Balaban J connectivity index is 1.89. The SMILES string of the molecule is CCCCN(Cc1ccccc1)c1ncc(NC(=O)c2ccccc2Cl)cc1C(=O)O. The molecule has 3 rings (SSSR count). The first-order valence-corrected chi connectivity index (χ1v) is 10.5. The summed E-state index contributed by atoms with van der Waals surface area (Å²) < 4.78 is 0. The Labute approximate surface area is 186 Å². The highest BCUT2D eigenvalue weighted by atomic mass is 35.5. The third kappa shape index (κ3) is 5.83. The highest BCUT2D eigenvalue weighted by molar-refractivity contribution is 6.34. The number of carboxylic acids is 1. The van der Waals surface area contributed by atoms with E-state index in [1.807, 2.05) is 35.2 Å². The van der Waals surface area contributed by atoms with Crippen molar-refractivity contribution in [2.24, 2.45) is 0 Å². The molecule has 0 bridgehead atoms. The Morgan fingerprint density at radius 2 is 1.77 bits per heavy atom. The van der Waals surface area contributed by atoms with Crippen LogP contribution in [0.5, 0.6) is 0 Å². The van der Waals surface area contributed by atoms with E-state index in [-0.39, 0.29) is 5.56 Å². The Morgan fingerprint density at radius 1 is 1.06 bits per heavy atom. The maximum Gasteiger partial charge on any atom is 0.339 e. The van der Waals surface area contributed by atoms with Gasteiger partial charge in [0.2, 0.25) is 0 Å². The summed E-state index contributed by atoms with van der Waals surface area (Å²) >= 11 is 6.08. The van der Waals surface area contributed by atoms with Crippen LogP contribution in [0.2, 0.25) is 5.02 Å². The number of carboxylic acid groups (broad SMARTS) is 1. The molecule has 31 heavy (non-hydrogen) atoms. The zero-order valence-electron chi connectivity index (χ0n) is 17.2. The van der Waals surface area contributed by atoms with Gasteiger partial charge in [-0.1, -0.05) is 67.4 Å². The van der Waals surface area contributed by atoms with Gasteiger partial charge < -0.3 is 15.3 Å². The van der Waals surface area contributed by atoms with Gasteiger partial charge in [-0.25, -0.2) is 9.78 Å². The van der Waals surface area contributed by atoms with Crippen LogP contribution < -0.4 is 10.2 Å². The zero-order valence-corrected chi connectivity index (χ0v) is 18.0. The third-order valence-electron chi connectivity index (χ3n) is 4.77. The molecule has 0 spiro atoms. The predicted octanol–water partition coefficient (Wildman–Crippen LogP) is 5.49. The first kappa shape index (κ1) is 22.3. The van der Waals surface area contributed by atoms with Gasteiger partial charge in [-0.3, -0.25) is 4.79 Å². The molecule has 0 saturated carbocycles. The van der Waals surface area contributed by atoms with Crippen molar-refractivity contribution in [2.75, 3.05) is 16.8 Å². The summed E-state index contributed by atoms with van der Waals surface area (Å²) in [6.45, 7) is 3.29. The summed E-state index contributed by atoms with van der Waals surface area (Å²) in [5.74, 6) is -1.16. The number of pyridine rings is 1. The van der Waals surface area contributed by atoms with Crippen molar-refractivity contribution in [3.63, 3.8) is 0 Å². The van der Waals surface area contributed by atoms with Crippen LogP contribution in [-0.4, -0.2) is 28.5 Å². The first-order valence-electron chi connectivity index (χ1n) is 10.1. The second-order valence-electron chi connectivity index (χ2n) is 7.09. The van der Waals surface area contributed by atoms with Crippen LogP contribution in [-0.2, 0) is 6.54 Å². The normalized spacial score (nSPS) is 10.5. The van der Waals surface area contributed by atoms with Crippen molar-refractivity contribution in [2.45, 2.75) is 26.3 Å². The summed E-state index contributed by atoms with van der Waals surface area (Å²) in [5, 5.41) is 12.8. The summed E-state index contributed by atoms with van der Waals surface area (Å²) in [6, 6.07) is 17.9. The van der Waals surface area contributed by atoms with Gasteiger partial charge >= 0.3 is 5.97 Å². The van der Waals surface area contributed by atoms with Crippen LogP contribution in [0.1, 0.15) is 46.0 Å². The van der Waals surface area contributed by atoms with Gasteiger partial charge in [-0.05, 0) is 30.2 Å². The number of benzene rings is 2. The van der Waals surface area contributed by atoms with E-state index in [2.05, 4.69) is 17.2 Å². The molecule has 0 saturated heterocycles. The van der Waals surface area contributed by atoms with E-state index in [0.29, 0.717) is 35.2 Å². The van der Waals surface area contributed by atoms with E-state index < -0.39 is 11.9 Å². The molecule has 0 radical (unpaired) electrons. The Bertz CT molecular complexity index is 1060. The Kier molecular flexibility index (Phi) is 7.62. The lowest BCUT2D eigenvalue weighted by molar-refractivity contribution is 0.0696. The number of rotatable bonds is 9. The van der Waals surface area contributed by atoms with Crippen LogP contribution in [0.25, 0.3) is 0 Å². The highest BCUT2D eigenvalue weighted by Crippen LogP contribution is 2.25. The molecule has 0 aliphatic carbocycles. The second kappa shape index (κ2) is 10.6. The number of aromatic carboxylic acids is 1. The van der Waals surface area contributed by atoms with E-state index in [1.54, 1.807) is 24.3 Å². The maximum atomic E-state index is 12.5. The lowest BCUT2D eigenvalue weighted by Gasteiger charge is -2.25. The standard InChI is InChI=1S/C24H24ClN3O3/c1-2-3-13-28(16-17-9-5-4-6-10-17)22-20(24(30)31)14-18(15-26-22)27-23(29)19-11-7-8-12-21(19)25/h4-12,14-15H,2-3,13,16H2,1H3,(H,27,29)(H,30,31). The number of amides is 1. The van der Waals surface area contributed by atoms with Crippen molar-refractivity contribution < 1.29 is 14.7 Å². The number of unbranched alkanes of at least 4 members (excludes halogenated alkanes) is 1. The molecule has 0 aliphatic rings. The van der Waals surface area contributed by atoms with Crippen LogP contribution in [0.15, 0.2) is 66.9 Å². The molecule has 6 nitrogen and oxygen atoms in total. The molecule has 1 heterocycles. The fraction of sp³-hybridized carbons (Fsp3) is 0.208. The summed E-state index contributed by atoms with van der Waals surface area (Å²) in [6.07, 6.45) is 3.35. The van der Waals surface area contributed by atoms with E-state index >= 15 is 0 Å². The summed E-state index contributed by atoms with van der Waals surface area (Å²) in [7, 11) is 0. The molecule has 0 aliphatic heterocycles. The molecular weight excluding hydrogens is 414 g/mol. The number of nitrogens with zero attached hydrogens (tertiary/aromatic N) is 2. The maximum absolute atomic E-state index is 12.5. The fourth-order valence-corrected chi connectivity index (χ4v) is 3.41. The summed E-state index contributed by atoms with van der Waals surface area (Å²) in [5.41, 5.74) is 1.69. The van der Waals surface area contributed by atoms with Crippen molar-refractivity contribution in [3.05, 3.63) is 88.6 Å². The number of hydrogen-bond acceptors (Lipinski definition) is 4.